The van der Waals surface area contributed by atoms with Gasteiger partial charge in [0.15, 0.2) is 5.82 Å². The van der Waals surface area contributed by atoms with Crippen molar-refractivity contribution in [2.24, 2.45) is 0 Å². The summed E-state index contributed by atoms with van der Waals surface area (Å²) in [6.07, 6.45) is 0.658. The molecule has 3 nitrogen and oxygen atoms in total. The van der Waals surface area contributed by atoms with Crippen molar-refractivity contribution in [1.82, 2.24) is 10.1 Å². The summed E-state index contributed by atoms with van der Waals surface area (Å²) in [6.45, 7) is 4.53. The third kappa shape index (κ3) is 2.87. The summed E-state index contributed by atoms with van der Waals surface area (Å²) in [5.41, 5.74) is 0. The molecule has 16 heavy (non-hydrogen) atoms. The Bertz CT molecular complexity index is 347. The van der Waals surface area contributed by atoms with E-state index in [9.17, 15) is 0 Å². The van der Waals surface area contributed by atoms with Crippen LogP contribution in [0.15, 0.2) is 4.52 Å². The number of alkyl halides is 1. The van der Waals surface area contributed by atoms with Crippen LogP contribution in [-0.4, -0.2) is 32.3 Å². The van der Waals surface area contributed by atoms with Crippen LogP contribution < -0.4 is 0 Å². The molecule has 0 saturated carbocycles. The second-order valence-corrected chi connectivity index (χ2v) is 7.23. The maximum Gasteiger partial charge on any atom is 0.227 e. The predicted octanol–water partition coefficient (Wildman–Crippen LogP) is 3.15. The summed E-state index contributed by atoms with van der Waals surface area (Å²) >= 11 is 9.56. The average molecular weight is 279 g/mol. The Morgan fingerprint density at radius 2 is 2.25 bits per heavy atom. The van der Waals surface area contributed by atoms with Crippen LogP contribution in [0.5, 0.6) is 0 Å². The first-order valence-electron chi connectivity index (χ1n) is 5.36. The van der Waals surface area contributed by atoms with Crippen LogP contribution >= 0.6 is 35.1 Å². The van der Waals surface area contributed by atoms with Crippen molar-refractivity contribution in [2.75, 3.05) is 11.6 Å². The van der Waals surface area contributed by atoms with Gasteiger partial charge in [-0.2, -0.15) is 16.7 Å². The minimum absolute atomic E-state index is 0.365. The van der Waals surface area contributed by atoms with Crippen LogP contribution in [0.25, 0.3) is 0 Å². The third-order valence-electron chi connectivity index (χ3n) is 2.63. The summed E-state index contributed by atoms with van der Waals surface area (Å²) < 4.78 is 5.15. The van der Waals surface area contributed by atoms with Crippen LogP contribution in [0.3, 0.4) is 0 Å². The van der Waals surface area contributed by atoms with Gasteiger partial charge >= 0.3 is 0 Å². The molecule has 0 aromatic carbocycles. The topological polar surface area (TPSA) is 38.9 Å². The van der Waals surface area contributed by atoms with E-state index in [0.29, 0.717) is 33.9 Å². The Morgan fingerprint density at radius 1 is 1.44 bits per heavy atom. The number of hydrogen-bond acceptors (Lipinski definition) is 5. The molecule has 0 radical (unpaired) electrons. The van der Waals surface area contributed by atoms with Gasteiger partial charge < -0.3 is 4.52 Å². The maximum absolute atomic E-state index is 5.64. The summed E-state index contributed by atoms with van der Waals surface area (Å²) in [6, 6.07) is 0. The van der Waals surface area contributed by atoms with Crippen LogP contribution in [0.4, 0.5) is 0 Å². The molecule has 0 spiro atoms. The third-order valence-corrected chi connectivity index (χ3v) is 6.21. The summed E-state index contributed by atoms with van der Waals surface area (Å²) in [4.78, 5) is 4.39. The first-order valence-corrected chi connectivity index (χ1v) is 7.89. The van der Waals surface area contributed by atoms with Gasteiger partial charge in [-0.25, -0.2) is 0 Å². The fourth-order valence-electron chi connectivity index (χ4n) is 1.50. The van der Waals surface area contributed by atoms with E-state index >= 15 is 0 Å². The highest BCUT2D eigenvalue weighted by Crippen LogP contribution is 2.43. The van der Waals surface area contributed by atoms with Gasteiger partial charge in [-0.3, -0.25) is 0 Å². The molecule has 2 heterocycles. The van der Waals surface area contributed by atoms with Crippen molar-refractivity contribution in [1.29, 1.82) is 0 Å². The lowest BCUT2D eigenvalue weighted by Gasteiger charge is -2.29. The van der Waals surface area contributed by atoms with Crippen LogP contribution in [0, 0.1) is 0 Å². The molecule has 2 rings (SSSR count). The van der Waals surface area contributed by atoms with E-state index in [1.54, 1.807) is 0 Å². The van der Waals surface area contributed by atoms with Gasteiger partial charge in [-0.15, -0.1) is 23.4 Å². The molecule has 0 aliphatic carbocycles. The van der Waals surface area contributed by atoms with E-state index in [2.05, 4.69) is 24.0 Å². The van der Waals surface area contributed by atoms with Gasteiger partial charge in [0, 0.05) is 28.6 Å². The highest BCUT2D eigenvalue weighted by Gasteiger charge is 2.29. The first kappa shape index (κ1) is 12.6. The second-order valence-electron chi connectivity index (χ2n) is 3.85. The molecule has 1 aromatic rings. The SMILES string of the molecule is CC1SCC(c2noc(CCCl)n2)SC1C. The monoisotopic (exact) mass is 278 g/mol. The van der Waals surface area contributed by atoms with E-state index in [4.69, 9.17) is 16.1 Å². The van der Waals surface area contributed by atoms with Crippen molar-refractivity contribution < 1.29 is 4.52 Å². The molecule has 3 atom stereocenters. The Kier molecular flexibility index (Phi) is 4.44. The Labute approximate surface area is 109 Å². The largest absolute Gasteiger partial charge is 0.339 e. The van der Waals surface area contributed by atoms with E-state index in [0.717, 1.165) is 11.6 Å². The number of rotatable bonds is 3. The first-order chi connectivity index (χ1) is 7.70. The molecule has 0 bridgehead atoms. The van der Waals surface area contributed by atoms with Crippen LogP contribution in [0.2, 0.25) is 0 Å². The van der Waals surface area contributed by atoms with Crippen molar-refractivity contribution in [3.8, 4) is 0 Å². The number of aromatic nitrogens is 2. The molecule has 1 aliphatic heterocycles. The fourth-order valence-corrected chi connectivity index (χ4v) is 4.50. The molecule has 0 amide bonds. The molecule has 90 valence electrons. The molecule has 1 fully saturated rings. The van der Waals surface area contributed by atoms with E-state index in [1.807, 2.05) is 23.5 Å². The highest BCUT2D eigenvalue weighted by atomic mass is 35.5. The standard InChI is InChI=1S/C10H15ClN2OS2/c1-6-7(2)16-8(5-15-6)10-12-9(3-4-11)14-13-10/h6-8H,3-5H2,1-2H3. The molecule has 1 saturated heterocycles. The summed E-state index contributed by atoms with van der Waals surface area (Å²) in [7, 11) is 0. The minimum Gasteiger partial charge on any atom is -0.339 e. The van der Waals surface area contributed by atoms with Gasteiger partial charge in [0.05, 0.1) is 5.25 Å². The molecule has 1 aromatic heterocycles. The Balaban J connectivity index is 2.01. The number of thioether (sulfide) groups is 2. The Morgan fingerprint density at radius 3 is 2.94 bits per heavy atom. The molecule has 3 unspecified atom stereocenters. The molecule has 0 N–H and O–H groups in total. The van der Waals surface area contributed by atoms with Crippen LogP contribution in [-0.2, 0) is 6.42 Å². The van der Waals surface area contributed by atoms with Crippen molar-refractivity contribution in [3.63, 3.8) is 0 Å². The number of aryl methyl sites for hydroxylation is 1. The van der Waals surface area contributed by atoms with Crippen molar-refractivity contribution in [2.45, 2.75) is 36.0 Å². The van der Waals surface area contributed by atoms with Gasteiger partial charge in [-0.1, -0.05) is 19.0 Å². The van der Waals surface area contributed by atoms with Gasteiger partial charge in [0.25, 0.3) is 0 Å². The average Bonchev–Trinajstić information content (AvgIpc) is 2.71. The predicted molar refractivity (Wildman–Crippen MR) is 70.4 cm³/mol. The smallest absolute Gasteiger partial charge is 0.227 e. The van der Waals surface area contributed by atoms with Crippen molar-refractivity contribution >= 4 is 35.1 Å². The fraction of sp³-hybridized carbons (Fsp3) is 0.800. The lowest BCUT2D eigenvalue weighted by Crippen LogP contribution is -2.22. The van der Waals surface area contributed by atoms with Gasteiger partial charge in [-0.05, 0) is 0 Å². The zero-order valence-electron chi connectivity index (χ0n) is 9.35. The lowest BCUT2D eigenvalue weighted by atomic mass is 10.3. The lowest BCUT2D eigenvalue weighted by molar-refractivity contribution is 0.377. The van der Waals surface area contributed by atoms with E-state index in [1.165, 1.54) is 0 Å². The number of hydrogen-bond donors (Lipinski definition) is 0. The minimum atomic E-state index is 0.365. The molecule has 6 heteroatoms. The number of nitrogens with zero attached hydrogens (tertiary/aromatic N) is 2. The van der Waals surface area contributed by atoms with Crippen molar-refractivity contribution in [3.05, 3.63) is 11.7 Å². The second kappa shape index (κ2) is 5.65. The van der Waals surface area contributed by atoms with Crippen LogP contribution in [0.1, 0.15) is 30.8 Å². The Hall–Kier alpha value is 0.130. The molecular weight excluding hydrogens is 264 g/mol. The zero-order valence-corrected chi connectivity index (χ0v) is 11.7. The quantitative estimate of drug-likeness (QED) is 0.794. The maximum atomic E-state index is 5.64. The van der Waals surface area contributed by atoms with E-state index in [-0.39, 0.29) is 0 Å². The highest BCUT2D eigenvalue weighted by molar-refractivity contribution is 8.07. The van der Waals surface area contributed by atoms with E-state index < -0.39 is 0 Å². The summed E-state index contributed by atoms with van der Waals surface area (Å²) in [5, 5.41) is 5.75. The normalized spacial score (nSPS) is 30.6. The molecular formula is C10H15ClN2OS2. The van der Waals surface area contributed by atoms with Gasteiger partial charge in [0.2, 0.25) is 5.89 Å². The number of halogens is 1. The molecule has 1 aliphatic rings. The van der Waals surface area contributed by atoms with Gasteiger partial charge in [0.1, 0.15) is 0 Å². The zero-order chi connectivity index (χ0) is 11.5. The summed E-state index contributed by atoms with van der Waals surface area (Å²) in [5.74, 6) is 3.08.